The van der Waals surface area contributed by atoms with Crippen molar-refractivity contribution in [3.05, 3.63) is 48.3 Å². The Morgan fingerprint density at radius 2 is 1.84 bits per heavy atom. The van der Waals surface area contributed by atoms with Crippen LogP contribution in [0.5, 0.6) is 5.75 Å². The van der Waals surface area contributed by atoms with Gasteiger partial charge in [0, 0.05) is 18.9 Å². The summed E-state index contributed by atoms with van der Waals surface area (Å²) in [6, 6.07) is 8.45. The summed E-state index contributed by atoms with van der Waals surface area (Å²) in [5.41, 5.74) is 0.714. The van der Waals surface area contributed by atoms with Gasteiger partial charge in [0.2, 0.25) is 5.95 Å². The molecule has 0 saturated carbocycles. The van der Waals surface area contributed by atoms with Crippen LogP contribution in [0.2, 0.25) is 0 Å². The minimum atomic E-state index is -2.81. The molecule has 1 N–H and O–H groups in total. The Labute approximate surface area is 109 Å². The summed E-state index contributed by atoms with van der Waals surface area (Å²) in [5.74, 6) is 0.711. The van der Waals surface area contributed by atoms with Gasteiger partial charge in [-0.2, -0.15) is 8.78 Å². The van der Waals surface area contributed by atoms with E-state index in [4.69, 9.17) is 0 Å². The number of aromatic nitrogens is 2. The molecule has 1 aromatic heterocycles. The number of anilines is 1. The maximum atomic E-state index is 12.2. The van der Waals surface area contributed by atoms with Crippen LogP contribution in [0.1, 0.15) is 5.56 Å². The van der Waals surface area contributed by atoms with Gasteiger partial charge in [-0.15, -0.1) is 0 Å². The molecule has 0 unspecified atom stereocenters. The number of nitrogens with one attached hydrogen (secondary N) is 1. The Morgan fingerprint density at radius 3 is 2.58 bits per heavy atom. The molecule has 0 atom stereocenters. The molecular formula is C13H13F2N3O. The first-order valence-electron chi connectivity index (χ1n) is 5.79. The van der Waals surface area contributed by atoms with E-state index in [0.717, 1.165) is 0 Å². The second-order valence-corrected chi connectivity index (χ2v) is 3.74. The van der Waals surface area contributed by atoms with E-state index in [1.807, 2.05) is 0 Å². The zero-order chi connectivity index (χ0) is 13.5. The fraction of sp³-hybridized carbons (Fsp3) is 0.231. The van der Waals surface area contributed by atoms with E-state index in [-0.39, 0.29) is 5.75 Å². The standard InChI is InChI=1S/C13H13F2N3O/c14-12(15)19-11-5-2-1-4-10(11)6-9-18-13-16-7-3-8-17-13/h1-5,7-8,12H,6,9H2,(H,16,17,18). The molecule has 6 heteroatoms. The van der Waals surface area contributed by atoms with Gasteiger partial charge in [-0.05, 0) is 24.1 Å². The van der Waals surface area contributed by atoms with E-state index in [9.17, 15) is 8.78 Å². The molecule has 4 nitrogen and oxygen atoms in total. The monoisotopic (exact) mass is 265 g/mol. The molecule has 0 aliphatic rings. The number of para-hydroxylation sites is 1. The van der Waals surface area contributed by atoms with Gasteiger partial charge >= 0.3 is 6.61 Å². The lowest BCUT2D eigenvalue weighted by Gasteiger charge is -2.10. The summed E-state index contributed by atoms with van der Waals surface area (Å²) in [5, 5.41) is 3.01. The van der Waals surface area contributed by atoms with Crippen molar-refractivity contribution in [2.75, 3.05) is 11.9 Å². The van der Waals surface area contributed by atoms with Gasteiger partial charge in [-0.25, -0.2) is 9.97 Å². The first-order valence-corrected chi connectivity index (χ1v) is 5.79. The van der Waals surface area contributed by atoms with Crippen molar-refractivity contribution in [3.8, 4) is 5.75 Å². The summed E-state index contributed by atoms with van der Waals surface area (Å²) in [7, 11) is 0. The first kappa shape index (κ1) is 13.2. The van der Waals surface area contributed by atoms with Crippen LogP contribution in [0.15, 0.2) is 42.7 Å². The van der Waals surface area contributed by atoms with Gasteiger partial charge in [0.15, 0.2) is 0 Å². The number of rotatable bonds is 6. The van der Waals surface area contributed by atoms with Crippen LogP contribution in [0.4, 0.5) is 14.7 Å². The number of benzene rings is 1. The quantitative estimate of drug-likeness (QED) is 0.872. The van der Waals surface area contributed by atoms with Crippen LogP contribution < -0.4 is 10.1 Å². The average molecular weight is 265 g/mol. The third-order valence-corrected chi connectivity index (χ3v) is 2.43. The Balaban J connectivity index is 1.92. The van der Waals surface area contributed by atoms with Crippen LogP contribution in [-0.2, 0) is 6.42 Å². The molecule has 100 valence electrons. The van der Waals surface area contributed by atoms with Gasteiger partial charge in [0.1, 0.15) is 5.75 Å². The summed E-state index contributed by atoms with van der Waals surface area (Å²) in [4.78, 5) is 8.01. The first-order chi connectivity index (χ1) is 9.25. The average Bonchev–Trinajstić information content (AvgIpc) is 2.41. The number of ether oxygens (including phenoxy) is 1. The van der Waals surface area contributed by atoms with Crippen LogP contribution in [0.3, 0.4) is 0 Å². The predicted molar refractivity (Wildman–Crippen MR) is 67.3 cm³/mol. The zero-order valence-electron chi connectivity index (χ0n) is 10.1. The molecule has 0 radical (unpaired) electrons. The molecule has 0 aliphatic carbocycles. The van der Waals surface area contributed by atoms with E-state index in [1.54, 1.807) is 36.7 Å². The van der Waals surface area contributed by atoms with Crippen molar-refractivity contribution in [1.29, 1.82) is 0 Å². The molecule has 2 aromatic rings. The second-order valence-electron chi connectivity index (χ2n) is 3.74. The lowest BCUT2D eigenvalue weighted by molar-refractivity contribution is -0.0504. The van der Waals surface area contributed by atoms with Gasteiger partial charge in [-0.1, -0.05) is 18.2 Å². The lowest BCUT2D eigenvalue weighted by atomic mass is 10.1. The minimum Gasteiger partial charge on any atom is -0.435 e. The highest BCUT2D eigenvalue weighted by atomic mass is 19.3. The van der Waals surface area contributed by atoms with Crippen LogP contribution in [0.25, 0.3) is 0 Å². The summed E-state index contributed by atoms with van der Waals surface area (Å²) in [6.07, 6.45) is 3.80. The third kappa shape index (κ3) is 4.17. The molecule has 2 rings (SSSR count). The number of alkyl halides is 2. The molecule has 0 fully saturated rings. The summed E-state index contributed by atoms with van der Waals surface area (Å²) >= 11 is 0. The van der Waals surface area contributed by atoms with Crippen molar-refractivity contribution in [1.82, 2.24) is 9.97 Å². The van der Waals surface area contributed by atoms with Gasteiger partial charge in [0.05, 0.1) is 0 Å². The van der Waals surface area contributed by atoms with Crippen molar-refractivity contribution in [2.24, 2.45) is 0 Å². The van der Waals surface area contributed by atoms with Gasteiger partial charge < -0.3 is 10.1 Å². The normalized spacial score (nSPS) is 10.5. The van der Waals surface area contributed by atoms with Crippen molar-refractivity contribution in [2.45, 2.75) is 13.0 Å². The molecule has 0 amide bonds. The van der Waals surface area contributed by atoms with Crippen LogP contribution in [0, 0.1) is 0 Å². The number of hydrogen-bond acceptors (Lipinski definition) is 4. The third-order valence-electron chi connectivity index (χ3n) is 2.43. The topological polar surface area (TPSA) is 47.0 Å². The van der Waals surface area contributed by atoms with E-state index >= 15 is 0 Å². The van der Waals surface area contributed by atoms with Gasteiger partial charge in [0.25, 0.3) is 0 Å². The maximum absolute atomic E-state index is 12.2. The Hall–Kier alpha value is -2.24. The van der Waals surface area contributed by atoms with Crippen LogP contribution in [-0.4, -0.2) is 23.1 Å². The molecule has 0 spiro atoms. The molecular weight excluding hydrogens is 252 g/mol. The zero-order valence-corrected chi connectivity index (χ0v) is 10.1. The fourth-order valence-corrected chi connectivity index (χ4v) is 1.62. The van der Waals surface area contributed by atoms with Crippen molar-refractivity contribution in [3.63, 3.8) is 0 Å². The number of nitrogens with zero attached hydrogens (tertiary/aromatic N) is 2. The Bertz CT molecular complexity index is 508. The highest BCUT2D eigenvalue weighted by Crippen LogP contribution is 2.20. The SMILES string of the molecule is FC(F)Oc1ccccc1CCNc1ncccn1. The maximum Gasteiger partial charge on any atom is 0.387 e. The van der Waals surface area contributed by atoms with Crippen molar-refractivity contribution < 1.29 is 13.5 Å². The van der Waals surface area contributed by atoms with Crippen molar-refractivity contribution >= 4 is 5.95 Å². The largest absolute Gasteiger partial charge is 0.435 e. The molecule has 1 heterocycles. The second kappa shape index (κ2) is 6.63. The number of hydrogen-bond donors (Lipinski definition) is 1. The minimum absolute atomic E-state index is 0.202. The lowest BCUT2D eigenvalue weighted by Crippen LogP contribution is -2.10. The van der Waals surface area contributed by atoms with Gasteiger partial charge in [-0.3, -0.25) is 0 Å². The Kier molecular flexibility index (Phi) is 4.60. The fourth-order valence-electron chi connectivity index (χ4n) is 1.62. The predicted octanol–water partition coefficient (Wildman–Crippen LogP) is 2.73. The Morgan fingerprint density at radius 1 is 1.11 bits per heavy atom. The summed E-state index contributed by atoms with van der Waals surface area (Å²) in [6.45, 7) is -2.28. The molecule has 19 heavy (non-hydrogen) atoms. The van der Waals surface area contributed by atoms with Crippen LogP contribution >= 0.6 is 0 Å². The molecule has 1 aromatic carbocycles. The van der Waals surface area contributed by atoms with E-state index < -0.39 is 6.61 Å². The van der Waals surface area contributed by atoms with E-state index in [0.29, 0.717) is 24.5 Å². The van der Waals surface area contributed by atoms with E-state index in [2.05, 4.69) is 20.0 Å². The summed E-state index contributed by atoms with van der Waals surface area (Å²) < 4.78 is 28.9. The highest BCUT2D eigenvalue weighted by Gasteiger charge is 2.08. The molecule has 0 aliphatic heterocycles. The number of halogens is 2. The smallest absolute Gasteiger partial charge is 0.387 e. The molecule has 0 saturated heterocycles. The van der Waals surface area contributed by atoms with E-state index in [1.165, 1.54) is 6.07 Å². The highest BCUT2D eigenvalue weighted by molar-refractivity contribution is 5.34. The molecule has 0 bridgehead atoms.